The number of carbonyl (C=O) groups is 1. The molecular weight excluding hydrogens is 535 g/mol. The number of nitrogens with zero attached hydrogens (tertiary/aromatic N) is 4. The Labute approximate surface area is 233 Å². The highest BCUT2D eigenvalue weighted by atomic mass is 19.4. The van der Waals surface area contributed by atoms with E-state index in [0.29, 0.717) is 22.6 Å². The average molecular weight is 562 g/mol. The summed E-state index contributed by atoms with van der Waals surface area (Å²) in [5.41, 5.74) is 2.20. The molecule has 2 aromatic carbocycles. The first-order valence-corrected chi connectivity index (χ1v) is 13.5. The van der Waals surface area contributed by atoms with Crippen LogP contribution in [0.25, 0.3) is 22.2 Å². The molecular formula is C30H26F3N5O3. The van der Waals surface area contributed by atoms with Gasteiger partial charge in [0.1, 0.15) is 17.9 Å². The van der Waals surface area contributed by atoms with Crippen molar-refractivity contribution in [2.75, 3.05) is 5.32 Å². The molecule has 1 amide bonds. The number of alkyl halides is 3. The van der Waals surface area contributed by atoms with Crippen LogP contribution < -0.4 is 10.1 Å². The normalized spacial score (nSPS) is 16.1. The van der Waals surface area contributed by atoms with Crippen LogP contribution in [0, 0.1) is 17.2 Å². The summed E-state index contributed by atoms with van der Waals surface area (Å²) in [6, 6.07) is 15.1. The number of nitrogens with one attached hydrogen (secondary N) is 1. The Morgan fingerprint density at radius 3 is 2.51 bits per heavy atom. The largest absolute Gasteiger partial charge is 0.446 e. The highest BCUT2D eigenvalue weighted by Gasteiger charge is 2.33. The first kappa shape index (κ1) is 26.6. The summed E-state index contributed by atoms with van der Waals surface area (Å²) in [4.78, 5) is 19.6. The lowest BCUT2D eigenvalue weighted by Gasteiger charge is -2.30. The van der Waals surface area contributed by atoms with Gasteiger partial charge in [0.15, 0.2) is 5.69 Å². The molecule has 2 aromatic heterocycles. The molecule has 6 rings (SSSR count). The Hall–Kier alpha value is -4.59. The zero-order valence-corrected chi connectivity index (χ0v) is 22.1. The second-order valence-corrected chi connectivity index (χ2v) is 10.4. The number of halogens is 3. The van der Waals surface area contributed by atoms with Crippen LogP contribution in [-0.2, 0) is 10.9 Å². The molecule has 0 bridgehead atoms. The van der Waals surface area contributed by atoms with Crippen molar-refractivity contribution in [1.82, 2.24) is 14.5 Å². The SMILES string of the molecule is C[C@@H](OC(=O)Nc1ccc(-c2c(C#N)c3ccc(Oc4nccc(C(F)(F)F)n4)cc3n2C2CCC2)cc1)C1CC1. The molecule has 41 heavy (non-hydrogen) atoms. The second kappa shape index (κ2) is 10.4. The maximum absolute atomic E-state index is 13.1. The number of hydrogen-bond donors (Lipinski definition) is 1. The number of carbonyl (C=O) groups excluding carboxylic acids is 1. The van der Waals surface area contributed by atoms with Crippen molar-refractivity contribution >= 4 is 22.7 Å². The summed E-state index contributed by atoms with van der Waals surface area (Å²) >= 11 is 0. The molecule has 1 atom stereocenters. The van der Waals surface area contributed by atoms with Crippen molar-refractivity contribution in [1.29, 1.82) is 5.26 Å². The fourth-order valence-corrected chi connectivity index (χ4v) is 5.12. The first-order chi connectivity index (χ1) is 19.7. The van der Waals surface area contributed by atoms with E-state index in [2.05, 4.69) is 25.9 Å². The average Bonchev–Trinajstić information content (AvgIpc) is 3.72. The van der Waals surface area contributed by atoms with Crippen LogP contribution >= 0.6 is 0 Å². The van der Waals surface area contributed by atoms with Crippen molar-refractivity contribution in [3.63, 3.8) is 0 Å². The van der Waals surface area contributed by atoms with Gasteiger partial charge in [0.2, 0.25) is 0 Å². The number of hydrogen-bond acceptors (Lipinski definition) is 6. The van der Waals surface area contributed by atoms with E-state index in [0.717, 1.165) is 61.1 Å². The van der Waals surface area contributed by atoms with E-state index in [9.17, 15) is 23.2 Å². The minimum atomic E-state index is -4.62. The van der Waals surface area contributed by atoms with Crippen LogP contribution in [0.5, 0.6) is 11.8 Å². The smallest absolute Gasteiger partial charge is 0.433 e. The zero-order chi connectivity index (χ0) is 28.7. The van der Waals surface area contributed by atoms with Gasteiger partial charge in [-0.3, -0.25) is 5.32 Å². The van der Waals surface area contributed by atoms with Gasteiger partial charge >= 0.3 is 18.3 Å². The number of benzene rings is 2. The summed E-state index contributed by atoms with van der Waals surface area (Å²) in [5.74, 6) is 0.689. The topological polar surface area (TPSA) is 102 Å². The van der Waals surface area contributed by atoms with Gasteiger partial charge in [-0.05, 0) is 80.8 Å². The Morgan fingerprint density at radius 1 is 1.12 bits per heavy atom. The van der Waals surface area contributed by atoms with Crippen molar-refractivity contribution in [3.8, 4) is 29.1 Å². The van der Waals surface area contributed by atoms with Crippen LogP contribution in [0.2, 0.25) is 0 Å². The molecule has 2 aliphatic carbocycles. The van der Waals surface area contributed by atoms with E-state index < -0.39 is 24.0 Å². The van der Waals surface area contributed by atoms with Crippen LogP contribution in [-0.4, -0.2) is 26.7 Å². The maximum atomic E-state index is 13.1. The van der Waals surface area contributed by atoms with Crippen LogP contribution in [0.4, 0.5) is 23.7 Å². The summed E-state index contributed by atoms with van der Waals surface area (Å²) < 4.78 is 52.5. The zero-order valence-electron chi connectivity index (χ0n) is 22.1. The Bertz CT molecular complexity index is 1650. The number of ether oxygens (including phenoxy) is 2. The molecule has 1 N–H and O–H groups in total. The monoisotopic (exact) mass is 561 g/mol. The summed E-state index contributed by atoms with van der Waals surface area (Å²) in [5, 5.41) is 13.6. The molecule has 2 heterocycles. The number of amides is 1. The molecule has 2 fully saturated rings. The lowest BCUT2D eigenvalue weighted by molar-refractivity contribution is -0.141. The van der Waals surface area contributed by atoms with Crippen molar-refractivity contribution in [3.05, 3.63) is 66.0 Å². The van der Waals surface area contributed by atoms with Crippen molar-refractivity contribution in [2.24, 2.45) is 5.92 Å². The molecule has 8 nitrogen and oxygen atoms in total. The van der Waals surface area contributed by atoms with E-state index in [1.54, 1.807) is 30.3 Å². The third kappa shape index (κ3) is 5.42. The standard InChI is InChI=1S/C30H26F3N5O3/c1-17(18-5-6-18)40-29(39)36-20-9-7-19(8-10-20)27-24(16-34)23-12-11-22(15-25(23)38(27)21-3-2-4-21)41-28-35-14-13-26(37-28)30(31,32)33/h7-15,17-18,21H,2-6H2,1H3,(H,36,39)/t17-/m1/s1. The predicted molar refractivity (Wildman–Crippen MR) is 144 cm³/mol. The number of fused-ring (bicyclic) bond motifs is 1. The van der Waals surface area contributed by atoms with Gasteiger partial charge in [-0.25, -0.2) is 9.78 Å². The van der Waals surface area contributed by atoms with E-state index in [1.165, 1.54) is 0 Å². The molecule has 4 aromatic rings. The fourth-order valence-electron chi connectivity index (χ4n) is 5.12. The Kier molecular flexibility index (Phi) is 6.77. The highest BCUT2D eigenvalue weighted by molar-refractivity contribution is 5.96. The lowest BCUT2D eigenvalue weighted by Crippen LogP contribution is -2.21. The maximum Gasteiger partial charge on any atom is 0.433 e. The summed E-state index contributed by atoms with van der Waals surface area (Å²) in [6.45, 7) is 1.89. The summed E-state index contributed by atoms with van der Waals surface area (Å²) in [7, 11) is 0. The van der Waals surface area contributed by atoms with Gasteiger partial charge in [-0.1, -0.05) is 12.1 Å². The van der Waals surface area contributed by atoms with Crippen LogP contribution in [0.15, 0.2) is 54.7 Å². The Morgan fingerprint density at radius 2 is 1.88 bits per heavy atom. The van der Waals surface area contributed by atoms with E-state index >= 15 is 0 Å². The second-order valence-electron chi connectivity index (χ2n) is 10.4. The van der Waals surface area contributed by atoms with Crippen LogP contribution in [0.3, 0.4) is 0 Å². The van der Waals surface area contributed by atoms with Gasteiger partial charge in [0, 0.05) is 29.4 Å². The molecule has 0 aliphatic heterocycles. The lowest BCUT2D eigenvalue weighted by atomic mass is 9.92. The third-order valence-electron chi connectivity index (χ3n) is 7.64. The molecule has 0 spiro atoms. The molecule has 0 saturated heterocycles. The quantitative estimate of drug-likeness (QED) is 0.247. The number of aromatic nitrogens is 3. The molecule has 0 unspecified atom stereocenters. The Balaban J connectivity index is 1.33. The molecule has 210 valence electrons. The van der Waals surface area contributed by atoms with Crippen molar-refractivity contribution in [2.45, 2.75) is 57.3 Å². The van der Waals surface area contributed by atoms with Gasteiger partial charge in [0.05, 0.1) is 16.8 Å². The third-order valence-corrected chi connectivity index (χ3v) is 7.64. The molecule has 2 saturated carbocycles. The van der Waals surface area contributed by atoms with E-state index in [-0.39, 0.29) is 17.9 Å². The molecule has 2 aliphatic rings. The van der Waals surface area contributed by atoms with Gasteiger partial charge < -0.3 is 14.0 Å². The van der Waals surface area contributed by atoms with Crippen LogP contribution in [0.1, 0.15) is 56.3 Å². The van der Waals surface area contributed by atoms with Gasteiger partial charge in [-0.2, -0.15) is 23.4 Å². The van der Waals surface area contributed by atoms with Crippen molar-refractivity contribution < 1.29 is 27.4 Å². The minimum Gasteiger partial charge on any atom is -0.446 e. The fraction of sp³-hybridized carbons (Fsp3) is 0.333. The van der Waals surface area contributed by atoms with E-state index in [4.69, 9.17) is 9.47 Å². The number of nitriles is 1. The molecule has 11 heteroatoms. The first-order valence-electron chi connectivity index (χ1n) is 13.5. The predicted octanol–water partition coefficient (Wildman–Crippen LogP) is 7.85. The number of rotatable bonds is 7. The minimum absolute atomic E-state index is 0.125. The van der Waals surface area contributed by atoms with E-state index in [1.807, 2.05) is 19.1 Å². The van der Waals surface area contributed by atoms with Gasteiger partial charge in [0.25, 0.3) is 0 Å². The van der Waals surface area contributed by atoms with Gasteiger partial charge in [-0.15, -0.1) is 0 Å². The number of anilines is 1. The summed E-state index contributed by atoms with van der Waals surface area (Å²) in [6.07, 6.45) is 0.791. The molecule has 0 radical (unpaired) electrons. The highest BCUT2D eigenvalue weighted by Crippen LogP contribution is 2.44.